The fourth-order valence-electron chi connectivity index (χ4n) is 2.40. The lowest BCUT2D eigenvalue weighted by molar-refractivity contribution is -0.135. The molecule has 138 valence electrons. The maximum absolute atomic E-state index is 12.7. The Bertz CT molecular complexity index is 813. The van der Waals surface area contributed by atoms with Gasteiger partial charge < -0.3 is 15.4 Å². The molecule has 5 heteroatoms. The van der Waals surface area contributed by atoms with Gasteiger partial charge >= 0.3 is 0 Å². The molecule has 0 saturated carbocycles. The Morgan fingerprint density at radius 1 is 0.923 bits per heavy atom. The van der Waals surface area contributed by atoms with Gasteiger partial charge in [-0.15, -0.1) is 0 Å². The van der Waals surface area contributed by atoms with E-state index < -0.39 is 11.3 Å². The first kappa shape index (κ1) is 19.5. The number of ether oxygens (including phenoxy) is 1. The molecule has 0 bridgehead atoms. The van der Waals surface area contributed by atoms with Crippen molar-refractivity contribution < 1.29 is 14.3 Å². The molecule has 2 amide bonds. The van der Waals surface area contributed by atoms with Crippen molar-refractivity contribution in [2.75, 3.05) is 17.2 Å². The number of rotatable bonds is 6. The summed E-state index contributed by atoms with van der Waals surface area (Å²) in [4.78, 5) is 25.5. The predicted octanol–water partition coefficient (Wildman–Crippen LogP) is 4.31. The highest BCUT2D eigenvalue weighted by Crippen LogP contribution is 2.28. The normalized spacial score (nSPS) is 11.0. The molecule has 0 heterocycles. The first-order valence-corrected chi connectivity index (χ1v) is 8.68. The number of benzene rings is 2. The van der Waals surface area contributed by atoms with Crippen molar-refractivity contribution in [1.29, 1.82) is 0 Å². The highest BCUT2D eigenvalue weighted by Gasteiger charge is 2.36. The van der Waals surface area contributed by atoms with Crippen LogP contribution in [0.1, 0.15) is 31.9 Å². The topological polar surface area (TPSA) is 67.4 Å². The average Bonchev–Trinajstić information content (AvgIpc) is 2.60. The summed E-state index contributed by atoms with van der Waals surface area (Å²) in [6.45, 7) is 9.49. The van der Waals surface area contributed by atoms with E-state index in [0.717, 1.165) is 11.1 Å². The average molecular weight is 354 g/mol. The van der Waals surface area contributed by atoms with Crippen molar-refractivity contribution >= 4 is 23.2 Å². The van der Waals surface area contributed by atoms with Gasteiger partial charge in [0, 0.05) is 5.69 Å². The lowest BCUT2D eigenvalue weighted by Gasteiger charge is -2.24. The summed E-state index contributed by atoms with van der Waals surface area (Å²) >= 11 is 0. The Hall–Kier alpha value is -2.82. The van der Waals surface area contributed by atoms with Crippen molar-refractivity contribution in [3.8, 4) is 5.75 Å². The smallest absolute Gasteiger partial charge is 0.239 e. The van der Waals surface area contributed by atoms with Crippen molar-refractivity contribution in [2.45, 2.75) is 34.6 Å². The standard InChI is InChI=1S/C21H26N2O3/c1-6-26-18-13-8-7-11-17(18)23-20(25)21(4,5)19(24)22-16-12-9-10-14(2)15(16)3/h7-13H,6H2,1-5H3,(H,22,24)(H,23,25). The summed E-state index contributed by atoms with van der Waals surface area (Å²) in [6.07, 6.45) is 0. The Kier molecular flexibility index (Phi) is 6.03. The maximum atomic E-state index is 12.7. The third-order valence-electron chi connectivity index (χ3n) is 4.42. The fourth-order valence-corrected chi connectivity index (χ4v) is 2.40. The first-order chi connectivity index (χ1) is 12.3. The summed E-state index contributed by atoms with van der Waals surface area (Å²) < 4.78 is 5.52. The largest absolute Gasteiger partial charge is 0.492 e. The number of aryl methyl sites for hydroxylation is 1. The quantitative estimate of drug-likeness (QED) is 0.760. The zero-order chi connectivity index (χ0) is 19.3. The molecular formula is C21H26N2O3. The van der Waals surface area contributed by atoms with Gasteiger partial charge in [-0.2, -0.15) is 0 Å². The number of hydrogen-bond donors (Lipinski definition) is 2. The Morgan fingerprint density at radius 2 is 1.50 bits per heavy atom. The molecule has 0 aliphatic heterocycles. The molecule has 2 N–H and O–H groups in total. The molecule has 0 saturated heterocycles. The number of amides is 2. The summed E-state index contributed by atoms with van der Waals surface area (Å²) in [7, 11) is 0. The van der Waals surface area contributed by atoms with E-state index >= 15 is 0 Å². The van der Waals surface area contributed by atoms with E-state index in [4.69, 9.17) is 4.74 Å². The number of carbonyl (C=O) groups excluding carboxylic acids is 2. The molecule has 26 heavy (non-hydrogen) atoms. The zero-order valence-corrected chi connectivity index (χ0v) is 16.0. The van der Waals surface area contributed by atoms with Crippen LogP contribution in [0, 0.1) is 19.3 Å². The van der Waals surface area contributed by atoms with Gasteiger partial charge in [0.25, 0.3) is 0 Å². The maximum Gasteiger partial charge on any atom is 0.239 e. The van der Waals surface area contributed by atoms with Gasteiger partial charge in [-0.05, 0) is 63.9 Å². The second kappa shape index (κ2) is 8.04. The number of carbonyl (C=O) groups is 2. The lowest BCUT2D eigenvalue weighted by atomic mass is 9.90. The highest BCUT2D eigenvalue weighted by molar-refractivity contribution is 6.14. The van der Waals surface area contributed by atoms with Gasteiger partial charge in [-0.25, -0.2) is 0 Å². The Labute approximate surface area is 154 Å². The molecule has 0 radical (unpaired) electrons. The first-order valence-electron chi connectivity index (χ1n) is 8.68. The zero-order valence-electron chi connectivity index (χ0n) is 16.0. The SMILES string of the molecule is CCOc1ccccc1NC(=O)C(C)(C)C(=O)Nc1cccc(C)c1C. The van der Waals surface area contributed by atoms with Crippen LogP contribution in [0.5, 0.6) is 5.75 Å². The van der Waals surface area contributed by atoms with Crippen LogP contribution >= 0.6 is 0 Å². The van der Waals surface area contributed by atoms with Crippen LogP contribution in [0.4, 0.5) is 11.4 Å². The van der Waals surface area contributed by atoms with Gasteiger partial charge in [0.15, 0.2) is 0 Å². The number of nitrogens with one attached hydrogen (secondary N) is 2. The van der Waals surface area contributed by atoms with Crippen LogP contribution in [0.25, 0.3) is 0 Å². The minimum Gasteiger partial charge on any atom is -0.492 e. The number of para-hydroxylation sites is 2. The highest BCUT2D eigenvalue weighted by atomic mass is 16.5. The second-order valence-corrected chi connectivity index (χ2v) is 6.71. The Balaban J connectivity index is 2.17. The Morgan fingerprint density at radius 3 is 2.15 bits per heavy atom. The van der Waals surface area contributed by atoms with Crippen LogP contribution in [0.3, 0.4) is 0 Å². The number of anilines is 2. The lowest BCUT2D eigenvalue weighted by Crippen LogP contribution is -2.41. The minimum atomic E-state index is -1.25. The van der Waals surface area contributed by atoms with E-state index in [0.29, 0.717) is 23.7 Å². The molecule has 0 fully saturated rings. The predicted molar refractivity (Wildman–Crippen MR) is 105 cm³/mol. The number of hydrogen-bond acceptors (Lipinski definition) is 3. The van der Waals surface area contributed by atoms with Crippen molar-refractivity contribution in [2.24, 2.45) is 5.41 Å². The molecule has 0 unspecified atom stereocenters. The summed E-state index contributed by atoms with van der Waals surface area (Å²) in [5.74, 6) is -0.181. The molecule has 2 aromatic rings. The van der Waals surface area contributed by atoms with E-state index in [1.54, 1.807) is 32.0 Å². The summed E-state index contributed by atoms with van der Waals surface area (Å²) in [6, 6.07) is 12.9. The molecule has 0 aliphatic carbocycles. The summed E-state index contributed by atoms with van der Waals surface area (Å²) in [5, 5.41) is 5.67. The van der Waals surface area contributed by atoms with E-state index in [1.807, 2.05) is 45.0 Å². The van der Waals surface area contributed by atoms with Crippen LogP contribution < -0.4 is 15.4 Å². The van der Waals surface area contributed by atoms with Crippen LogP contribution in [0.2, 0.25) is 0 Å². The third-order valence-corrected chi connectivity index (χ3v) is 4.42. The molecular weight excluding hydrogens is 328 g/mol. The van der Waals surface area contributed by atoms with Gasteiger partial charge in [0.2, 0.25) is 11.8 Å². The van der Waals surface area contributed by atoms with E-state index in [2.05, 4.69) is 10.6 Å². The van der Waals surface area contributed by atoms with Gasteiger partial charge in [-0.1, -0.05) is 24.3 Å². The molecule has 2 rings (SSSR count). The molecule has 0 atom stereocenters. The molecule has 0 aliphatic rings. The van der Waals surface area contributed by atoms with E-state index in [9.17, 15) is 9.59 Å². The molecule has 0 aromatic heterocycles. The van der Waals surface area contributed by atoms with Crippen LogP contribution in [-0.2, 0) is 9.59 Å². The third kappa shape index (κ3) is 4.23. The van der Waals surface area contributed by atoms with E-state index in [-0.39, 0.29) is 5.91 Å². The van der Waals surface area contributed by atoms with Gasteiger partial charge in [0.1, 0.15) is 11.2 Å². The van der Waals surface area contributed by atoms with Crippen molar-refractivity contribution in [3.05, 3.63) is 53.6 Å². The van der Waals surface area contributed by atoms with E-state index in [1.165, 1.54) is 0 Å². The molecule has 2 aromatic carbocycles. The second-order valence-electron chi connectivity index (χ2n) is 6.71. The monoisotopic (exact) mass is 354 g/mol. The van der Waals surface area contributed by atoms with Crippen molar-refractivity contribution in [1.82, 2.24) is 0 Å². The minimum absolute atomic E-state index is 0.363. The fraction of sp³-hybridized carbons (Fsp3) is 0.333. The van der Waals surface area contributed by atoms with Crippen molar-refractivity contribution in [3.63, 3.8) is 0 Å². The summed E-state index contributed by atoms with van der Waals surface area (Å²) in [5.41, 5.74) is 2.07. The molecule has 0 spiro atoms. The van der Waals surface area contributed by atoms with Crippen LogP contribution in [-0.4, -0.2) is 18.4 Å². The van der Waals surface area contributed by atoms with Gasteiger partial charge in [0.05, 0.1) is 12.3 Å². The molecule has 5 nitrogen and oxygen atoms in total. The van der Waals surface area contributed by atoms with Gasteiger partial charge in [-0.3, -0.25) is 9.59 Å². The van der Waals surface area contributed by atoms with Crippen LogP contribution in [0.15, 0.2) is 42.5 Å².